The third-order valence-corrected chi connectivity index (χ3v) is 6.43. The molecule has 2 atom stereocenters. The van der Waals surface area contributed by atoms with Gasteiger partial charge in [0.15, 0.2) is 12.2 Å². The Morgan fingerprint density at radius 1 is 0.615 bits per heavy atom. The van der Waals surface area contributed by atoms with Crippen LogP contribution in [0.1, 0.15) is 36.0 Å². The maximum atomic E-state index is 12.8. The highest BCUT2D eigenvalue weighted by atomic mass is 16.6. The van der Waals surface area contributed by atoms with E-state index in [1.54, 1.807) is 12.1 Å². The predicted molar refractivity (Wildman–Crippen MR) is 150 cm³/mol. The van der Waals surface area contributed by atoms with Gasteiger partial charge in [0.2, 0.25) is 0 Å². The Balaban J connectivity index is 1.27. The first kappa shape index (κ1) is 28.0. The third-order valence-electron chi connectivity index (χ3n) is 6.43. The number of hydrogen-bond donors (Lipinski definition) is 1. The minimum Gasteiger partial charge on any atom is -0.459 e. The fraction of sp³-hybridized carbons (Fsp3) is 0.273. The summed E-state index contributed by atoms with van der Waals surface area (Å²) in [6.45, 7) is 0.195. The van der Waals surface area contributed by atoms with Gasteiger partial charge in [0.05, 0.1) is 0 Å². The van der Waals surface area contributed by atoms with E-state index in [1.165, 1.54) is 16.3 Å². The van der Waals surface area contributed by atoms with Crippen molar-refractivity contribution in [3.63, 3.8) is 0 Å². The Labute approximate surface area is 229 Å². The molecule has 4 aromatic carbocycles. The number of ether oxygens (including phenoxy) is 3. The van der Waals surface area contributed by atoms with Gasteiger partial charge < -0.3 is 19.3 Å². The van der Waals surface area contributed by atoms with Crippen LogP contribution in [0, 0.1) is 0 Å². The molecule has 202 valence electrons. The number of unbranched alkanes of at least 4 members (excludes halogenated alkanes) is 2. The molecule has 0 fully saturated rings. The number of fused-ring (bicyclic) bond motifs is 1. The van der Waals surface area contributed by atoms with Crippen molar-refractivity contribution in [3.8, 4) is 0 Å². The summed E-state index contributed by atoms with van der Waals surface area (Å²) in [6.07, 6.45) is 0.149. The summed E-state index contributed by atoms with van der Waals surface area (Å²) in [5, 5.41) is 13.1. The molecule has 0 aliphatic rings. The molecule has 0 radical (unpaired) electrons. The fourth-order valence-electron chi connectivity index (χ4n) is 4.25. The van der Waals surface area contributed by atoms with Gasteiger partial charge in [-0.3, -0.25) is 0 Å². The van der Waals surface area contributed by atoms with E-state index in [-0.39, 0.29) is 19.8 Å². The number of carbonyl (C=O) groups excluding carboxylic acids is 2. The second-order valence-corrected chi connectivity index (χ2v) is 9.42. The van der Waals surface area contributed by atoms with E-state index in [4.69, 9.17) is 14.2 Å². The van der Waals surface area contributed by atoms with Crippen molar-refractivity contribution in [2.45, 2.75) is 51.1 Å². The summed E-state index contributed by atoms with van der Waals surface area (Å²) in [5.41, 5.74) is 2.83. The molecule has 6 heteroatoms. The van der Waals surface area contributed by atoms with E-state index in [0.717, 1.165) is 30.4 Å². The largest absolute Gasteiger partial charge is 0.459 e. The fourth-order valence-corrected chi connectivity index (χ4v) is 4.25. The zero-order chi connectivity index (χ0) is 27.3. The van der Waals surface area contributed by atoms with Crippen molar-refractivity contribution in [1.82, 2.24) is 0 Å². The minimum absolute atomic E-state index is 0.0110. The molecular formula is C33H34O6. The summed E-state index contributed by atoms with van der Waals surface area (Å²) in [7, 11) is 0. The first-order valence-electron chi connectivity index (χ1n) is 13.3. The highest BCUT2D eigenvalue weighted by Gasteiger charge is 2.35. The van der Waals surface area contributed by atoms with Crippen molar-refractivity contribution in [2.75, 3.05) is 6.61 Å². The number of benzene rings is 4. The highest BCUT2D eigenvalue weighted by molar-refractivity contribution is 5.85. The van der Waals surface area contributed by atoms with Crippen molar-refractivity contribution >= 4 is 22.7 Å². The van der Waals surface area contributed by atoms with Crippen molar-refractivity contribution in [2.24, 2.45) is 0 Å². The molecule has 1 N–H and O–H groups in total. The van der Waals surface area contributed by atoms with Gasteiger partial charge in [0, 0.05) is 6.61 Å². The Bertz CT molecular complexity index is 1320. The predicted octanol–water partition coefficient (Wildman–Crippen LogP) is 5.79. The van der Waals surface area contributed by atoms with Crippen LogP contribution in [0.5, 0.6) is 0 Å². The van der Waals surface area contributed by atoms with Gasteiger partial charge in [-0.25, -0.2) is 9.59 Å². The highest BCUT2D eigenvalue weighted by Crippen LogP contribution is 2.18. The Kier molecular flexibility index (Phi) is 10.6. The van der Waals surface area contributed by atoms with Crippen molar-refractivity contribution in [1.29, 1.82) is 0 Å². The molecule has 0 aromatic heterocycles. The lowest BCUT2D eigenvalue weighted by molar-refractivity contribution is -0.179. The molecule has 0 saturated carbocycles. The number of esters is 2. The Hall–Kier alpha value is -4.00. The normalized spacial score (nSPS) is 12.5. The summed E-state index contributed by atoms with van der Waals surface area (Å²) < 4.78 is 16.3. The summed E-state index contributed by atoms with van der Waals surface area (Å²) in [6, 6.07) is 33.1. The molecule has 6 nitrogen and oxygen atoms in total. The monoisotopic (exact) mass is 526 g/mol. The molecule has 4 rings (SSSR count). The van der Waals surface area contributed by atoms with Crippen LogP contribution in [-0.2, 0) is 43.4 Å². The molecule has 0 aliphatic heterocycles. The Morgan fingerprint density at radius 3 is 1.87 bits per heavy atom. The average Bonchev–Trinajstić information content (AvgIpc) is 2.99. The van der Waals surface area contributed by atoms with Crippen LogP contribution >= 0.6 is 0 Å². The molecule has 0 spiro atoms. The quantitative estimate of drug-likeness (QED) is 0.166. The van der Waals surface area contributed by atoms with Crippen molar-refractivity contribution < 1.29 is 28.9 Å². The molecule has 0 aliphatic carbocycles. The van der Waals surface area contributed by atoms with Crippen LogP contribution in [0.4, 0.5) is 0 Å². The van der Waals surface area contributed by atoms with E-state index in [9.17, 15) is 14.7 Å². The van der Waals surface area contributed by atoms with Crippen LogP contribution in [0.25, 0.3) is 10.8 Å². The molecule has 0 saturated heterocycles. The molecule has 0 bridgehead atoms. The lowest BCUT2D eigenvalue weighted by Crippen LogP contribution is -2.43. The van der Waals surface area contributed by atoms with E-state index >= 15 is 0 Å². The topological polar surface area (TPSA) is 82.1 Å². The van der Waals surface area contributed by atoms with Crippen LogP contribution in [0.15, 0.2) is 103 Å². The number of aliphatic hydroxyl groups is 1. The zero-order valence-corrected chi connectivity index (χ0v) is 21.9. The smallest absolute Gasteiger partial charge is 0.338 e. The number of carbonyl (C=O) groups is 2. The zero-order valence-electron chi connectivity index (χ0n) is 21.9. The molecule has 0 unspecified atom stereocenters. The third kappa shape index (κ3) is 8.77. The van der Waals surface area contributed by atoms with Gasteiger partial charge in [0.25, 0.3) is 0 Å². The van der Waals surface area contributed by atoms with Gasteiger partial charge >= 0.3 is 11.9 Å². The summed E-state index contributed by atoms with van der Waals surface area (Å²) >= 11 is 0. The van der Waals surface area contributed by atoms with Crippen LogP contribution in [0.3, 0.4) is 0 Å². The SMILES string of the molecule is O=C(OCc1ccccc1)[C@H](O)[C@@H](OCCCCCc1ccc2ccccc2c1)C(=O)OCc1ccccc1. The number of aryl methyl sites for hydroxylation is 1. The van der Waals surface area contributed by atoms with E-state index < -0.39 is 24.1 Å². The lowest BCUT2D eigenvalue weighted by atomic mass is 10.0. The van der Waals surface area contributed by atoms with Gasteiger partial charge in [0.1, 0.15) is 13.2 Å². The Morgan fingerprint density at radius 2 is 1.21 bits per heavy atom. The molecule has 39 heavy (non-hydrogen) atoms. The van der Waals surface area contributed by atoms with Gasteiger partial charge in [-0.15, -0.1) is 0 Å². The maximum absolute atomic E-state index is 12.8. The number of rotatable bonds is 14. The standard InChI is InChI=1S/C33H34O6/c34-30(32(35)38-23-26-13-4-1-5-14-26)31(33(36)39-24-27-15-6-2-7-16-27)37-21-11-3-8-12-25-19-20-28-17-9-10-18-29(28)22-25/h1-2,4-7,9-10,13-20,22,30-31,34H,3,8,11-12,21,23-24H2/t30-,31-/m1/s1. The van der Waals surface area contributed by atoms with E-state index in [1.807, 2.05) is 60.7 Å². The van der Waals surface area contributed by atoms with Gasteiger partial charge in [-0.05, 0) is 46.7 Å². The number of hydrogen-bond acceptors (Lipinski definition) is 6. The first-order valence-corrected chi connectivity index (χ1v) is 13.3. The number of aliphatic hydroxyl groups excluding tert-OH is 1. The lowest BCUT2D eigenvalue weighted by Gasteiger charge is -2.21. The summed E-state index contributed by atoms with van der Waals surface area (Å²) in [4.78, 5) is 25.4. The molecule has 4 aromatic rings. The van der Waals surface area contributed by atoms with Gasteiger partial charge in [-0.2, -0.15) is 0 Å². The van der Waals surface area contributed by atoms with Crippen LogP contribution < -0.4 is 0 Å². The van der Waals surface area contributed by atoms with Crippen LogP contribution in [0.2, 0.25) is 0 Å². The first-order chi connectivity index (χ1) is 19.1. The molecule has 0 amide bonds. The minimum atomic E-state index is -1.80. The van der Waals surface area contributed by atoms with Crippen molar-refractivity contribution in [3.05, 3.63) is 120 Å². The van der Waals surface area contributed by atoms with Crippen LogP contribution in [-0.4, -0.2) is 35.9 Å². The molecular weight excluding hydrogens is 492 g/mol. The molecule has 0 heterocycles. The average molecular weight is 527 g/mol. The maximum Gasteiger partial charge on any atom is 0.338 e. The van der Waals surface area contributed by atoms with Gasteiger partial charge in [-0.1, -0.05) is 110 Å². The summed E-state index contributed by atoms with van der Waals surface area (Å²) in [5.74, 6) is -1.74. The second-order valence-electron chi connectivity index (χ2n) is 9.42. The van der Waals surface area contributed by atoms with E-state index in [2.05, 4.69) is 30.3 Å². The van der Waals surface area contributed by atoms with E-state index in [0.29, 0.717) is 6.42 Å². The second kappa shape index (κ2) is 14.8.